The Morgan fingerprint density at radius 3 is 2.65 bits per heavy atom. The van der Waals surface area contributed by atoms with Gasteiger partial charge >= 0.3 is 0 Å². The average Bonchev–Trinajstić information content (AvgIpc) is 2.28. The number of nitrogens with one attached hydrogen (secondary N) is 1. The van der Waals surface area contributed by atoms with E-state index in [2.05, 4.69) is 5.32 Å². The van der Waals surface area contributed by atoms with Crippen molar-refractivity contribution < 1.29 is 13.9 Å². The molecular formula is C12H17F2NOS. The van der Waals surface area contributed by atoms with Crippen molar-refractivity contribution >= 4 is 11.8 Å². The van der Waals surface area contributed by atoms with Crippen LogP contribution in [0.3, 0.4) is 0 Å². The lowest BCUT2D eigenvalue weighted by atomic mass is 10.1. The quantitative estimate of drug-likeness (QED) is 0.771. The molecule has 0 saturated carbocycles. The van der Waals surface area contributed by atoms with Gasteiger partial charge in [-0.3, -0.25) is 0 Å². The topological polar surface area (TPSA) is 32.3 Å². The molecule has 0 amide bonds. The van der Waals surface area contributed by atoms with Gasteiger partial charge in [-0.2, -0.15) is 0 Å². The SMILES string of the molecule is CCNC(C)(CO)CSc1ccc(F)cc1F. The molecular weight excluding hydrogens is 244 g/mol. The number of halogens is 2. The predicted octanol–water partition coefficient (Wildman–Crippen LogP) is 2.42. The fraction of sp³-hybridized carbons (Fsp3) is 0.500. The van der Waals surface area contributed by atoms with E-state index in [0.717, 1.165) is 12.6 Å². The van der Waals surface area contributed by atoms with Crippen molar-refractivity contribution in [3.63, 3.8) is 0 Å². The lowest BCUT2D eigenvalue weighted by Crippen LogP contribution is -2.47. The second-order valence-corrected chi connectivity index (χ2v) is 5.13. The molecule has 0 radical (unpaired) electrons. The lowest BCUT2D eigenvalue weighted by molar-refractivity contribution is 0.194. The van der Waals surface area contributed by atoms with Gasteiger partial charge in [0, 0.05) is 22.3 Å². The molecule has 2 nitrogen and oxygen atoms in total. The molecule has 1 atom stereocenters. The van der Waals surface area contributed by atoms with Crippen LogP contribution in [-0.2, 0) is 0 Å². The third-order valence-corrected chi connectivity index (χ3v) is 3.82. The number of hydrogen-bond acceptors (Lipinski definition) is 3. The number of rotatable bonds is 6. The van der Waals surface area contributed by atoms with E-state index in [1.807, 2.05) is 13.8 Å². The molecule has 1 aromatic carbocycles. The van der Waals surface area contributed by atoms with E-state index >= 15 is 0 Å². The highest BCUT2D eigenvalue weighted by Crippen LogP contribution is 2.25. The molecule has 0 aliphatic heterocycles. The van der Waals surface area contributed by atoms with Crippen molar-refractivity contribution in [3.05, 3.63) is 29.8 Å². The number of benzene rings is 1. The fourth-order valence-corrected chi connectivity index (χ4v) is 2.44. The maximum atomic E-state index is 13.4. The zero-order chi connectivity index (χ0) is 12.9. The summed E-state index contributed by atoms with van der Waals surface area (Å²) < 4.78 is 26.1. The first-order chi connectivity index (χ1) is 8.00. The maximum Gasteiger partial charge on any atom is 0.139 e. The van der Waals surface area contributed by atoms with Gasteiger partial charge in [0.15, 0.2) is 0 Å². The van der Waals surface area contributed by atoms with E-state index in [4.69, 9.17) is 0 Å². The Morgan fingerprint density at radius 1 is 1.41 bits per heavy atom. The van der Waals surface area contributed by atoms with E-state index in [-0.39, 0.29) is 6.61 Å². The van der Waals surface area contributed by atoms with E-state index in [9.17, 15) is 13.9 Å². The van der Waals surface area contributed by atoms with Crippen LogP contribution < -0.4 is 5.32 Å². The van der Waals surface area contributed by atoms with Crippen molar-refractivity contribution in [1.29, 1.82) is 0 Å². The first-order valence-electron chi connectivity index (χ1n) is 5.44. The molecule has 1 aromatic rings. The van der Waals surface area contributed by atoms with Crippen molar-refractivity contribution in [1.82, 2.24) is 5.32 Å². The number of aliphatic hydroxyl groups is 1. The minimum atomic E-state index is -0.580. The van der Waals surface area contributed by atoms with Crippen molar-refractivity contribution in [3.8, 4) is 0 Å². The molecule has 17 heavy (non-hydrogen) atoms. The highest BCUT2D eigenvalue weighted by atomic mass is 32.2. The lowest BCUT2D eigenvalue weighted by Gasteiger charge is -2.27. The molecule has 0 spiro atoms. The van der Waals surface area contributed by atoms with Gasteiger partial charge < -0.3 is 10.4 Å². The van der Waals surface area contributed by atoms with Crippen molar-refractivity contribution in [2.45, 2.75) is 24.3 Å². The highest BCUT2D eigenvalue weighted by molar-refractivity contribution is 7.99. The molecule has 0 heterocycles. The van der Waals surface area contributed by atoms with Gasteiger partial charge in [-0.1, -0.05) is 6.92 Å². The van der Waals surface area contributed by atoms with Crippen molar-refractivity contribution in [2.75, 3.05) is 18.9 Å². The molecule has 0 bridgehead atoms. The van der Waals surface area contributed by atoms with Crippen LogP contribution >= 0.6 is 11.8 Å². The molecule has 2 N–H and O–H groups in total. The second-order valence-electron chi connectivity index (χ2n) is 4.11. The Hall–Kier alpha value is -0.650. The number of thioether (sulfide) groups is 1. The van der Waals surface area contributed by atoms with Crippen LogP contribution in [0.4, 0.5) is 8.78 Å². The minimum absolute atomic E-state index is 0.0311. The summed E-state index contributed by atoms with van der Waals surface area (Å²) in [5.41, 5.74) is -0.458. The van der Waals surface area contributed by atoms with E-state index in [0.29, 0.717) is 10.6 Å². The summed E-state index contributed by atoms with van der Waals surface area (Å²) >= 11 is 1.26. The molecule has 0 aliphatic rings. The summed E-state index contributed by atoms with van der Waals surface area (Å²) in [5, 5.41) is 12.4. The van der Waals surface area contributed by atoms with Gasteiger partial charge in [0.25, 0.3) is 0 Å². The fourth-order valence-electron chi connectivity index (χ4n) is 1.41. The molecule has 0 fully saturated rings. The zero-order valence-electron chi connectivity index (χ0n) is 9.96. The summed E-state index contributed by atoms with van der Waals surface area (Å²) in [6.45, 7) is 4.50. The van der Waals surface area contributed by atoms with Gasteiger partial charge in [-0.05, 0) is 25.6 Å². The summed E-state index contributed by atoms with van der Waals surface area (Å²) in [6.07, 6.45) is 0. The zero-order valence-corrected chi connectivity index (χ0v) is 10.8. The molecule has 1 rings (SSSR count). The molecule has 0 saturated heterocycles. The molecule has 0 aromatic heterocycles. The Morgan fingerprint density at radius 2 is 2.12 bits per heavy atom. The highest BCUT2D eigenvalue weighted by Gasteiger charge is 2.22. The third kappa shape index (κ3) is 4.26. The Balaban J connectivity index is 2.65. The number of aliphatic hydroxyl groups excluding tert-OH is 1. The smallest absolute Gasteiger partial charge is 0.139 e. The van der Waals surface area contributed by atoms with Gasteiger partial charge in [0.2, 0.25) is 0 Å². The van der Waals surface area contributed by atoms with Crippen LogP contribution in [0.25, 0.3) is 0 Å². The summed E-state index contributed by atoms with van der Waals surface area (Å²) in [4.78, 5) is 0.393. The number of hydrogen-bond donors (Lipinski definition) is 2. The molecule has 96 valence electrons. The molecule has 0 aliphatic carbocycles. The Bertz CT molecular complexity index is 376. The summed E-state index contributed by atoms with van der Waals surface area (Å²) in [7, 11) is 0. The minimum Gasteiger partial charge on any atom is -0.394 e. The van der Waals surface area contributed by atoms with Crippen LogP contribution in [0.2, 0.25) is 0 Å². The van der Waals surface area contributed by atoms with Gasteiger partial charge in [-0.25, -0.2) is 8.78 Å². The first kappa shape index (κ1) is 14.4. The standard InChI is InChI=1S/C12H17F2NOS/c1-3-15-12(2,7-16)8-17-11-5-4-9(13)6-10(11)14/h4-6,15-16H,3,7-8H2,1-2H3. The van der Waals surface area contributed by atoms with Crippen LogP contribution in [0.5, 0.6) is 0 Å². The van der Waals surface area contributed by atoms with Gasteiger partial charge in [0.05, 0.1) is 6.61 Å². The summed E-state index contributed by atoms with van der Waals surface area (Å²) in [6, 6.07) is 3.51. The Labute approximate surface area is 104 Å². The van der Waals surface area contributed by atoms with E-state index in [1.54, 1.807) is 0 Å². The molecule has 1 unspecified atom stereocenters. The maximum absolute atomic E-state index is 13.4. The normalized spacial score (nSPS) is 14.6. The average molecular weight is 261 g/mol. The largest absolute Gasteiger partial charge is 0.394 e. The molecule has 5 heteroatoms. The Kier molecular flexibility index (Phi) is 5.36. The van der Waals surface area contributed by atoms with Crippen LogP contribution in [0.1, 0.15) is 13.8 Å². The second kappa shape index (κ2) is 6.33. The van der Waals surface area contributed by atoms with Gasteiger partial charge in [0.1, 0.15) is 11.6 Å². The van der Waals surface area contributed by atoms with Crippen LogP contribution in [0, 0.1) is 11.6 Å². The van der Waals surface area contributed by atoms with Crippen molar-refractivity contribution in [2.24, 2.45) is 0 Å². The monoisotopic (exact) mass is 261 g/mol. The van der Waals surface area contributed by atoms with Gasteiger partial charge in [-0.15, -0.1) is 11.8 Å². The van der Waals surface area contributed by atoms with Crippen LogP contribution in [0.15, 0.2) is 23.1 Å². The number of likely N-dealkylation sites (N-methyl/N-ethyl adjacent to an activating group) is 1. The first-order valence-corrected chi connectivity index (χ1v) is 6.43. The van der Waals surface area contributed by atoms with E-state index < -0.39 is 17.2 Å². The van der Waals surface area contributed by atoms with Crippen LogP contribution in [-0.4, -0.2) is 29.5 Å². The predicted molar refractivity (Wildman–Crippen MR) is 66.2 cm³/mol. The third-order valence-electron chi connectivity index (χ3n) is 2.39. The van der Waals surface area contributed by atoms with E-state index in [1.165, 1.54) is 23.9 Å². The summed E-state index contributed by atoms with van der Waals surface area (Å²) in [5.74, 6) is -0.630.